The van der Waals surface area contributed by atoms with Gasteiger partial charge in [0, 0.05) is 41.3 Å². The van der Waals surface area contributed by atoms with Gasteiger partial charge < -0.3 is 15.4 Å². The summed E-state index contributed by atoms with van der Waals surface area (Å²) in [6.07, 6.45) is 0. The zero-order chi connectivity index (χ0) is 14.8. The molecule has 2 N–H and O–H groups in total. The van der Waals surface area contributed by atoms with Gasteiger partial charge in [-0.05, 0) is 26.0 Å². The van der Waals surface area contributed by atoms with Crippen LogP contribution in [0.1, 0.15) is 22.5 Å². The monoisotopic (exact) mass is 283 g/mol. The molecule has 0 amide bonds. The number of ether oxygens (including phenoxy) is 1. The molecule has 0 aliphatic carbocycles. The van der Waals surface area contributed by atoms with E-state index in [2.05, 4.69) is 28.1 Å². The lowest BCUT2D eigenvalue weighted by Gasteiger charge is -2.26. The second kappa shape index (κ2) is 5.74. The Morgan fingerprint density at radius 2 is 2.10 bits per heavy atom. The Bertz CT molecular complexity index is 654. The van der Waals surface area contributed by atoms with Crippen molar-refractivity contribution in [2.45, 2.75) is 26.9 Å². The molecule has 0 saturated heterocycles. The molecule has 110 valence electrons. The predicted molar refractivity (Wildman–Crippen MR) is 84.6 cm³/mol. The van der Waals surface area contributed by atoms with Gasteiger partial charge in [-0.2, -0.15) is 0 Å². The van der Waals surface area contributed by atoms with E-state index in [0.717, 1.165) is 35.8 Å². The van der Waals surface area contributed by atoms with Gasteiger partial charge >= 0.3 is 0 Å². The lowest BCUT2D eigenvalue weighted by Crippen LogP contribution is -2.27. The number of aryl methyl sites for hydroxylation is 2. The molecule has 2 aromatic rings. The van der Waals surface area contributed by atoms with Crippen molar-refractivity contribution >= 4 is 5.69 Å². The Balaban J connectivity index is 2.01. The number of rotatable bonds is 2. The number of aromatic nitrogens is 1. The smallest absolute Gasteiger partial charge is 0.124 e. The minimum absolute atomic E-state index is 0.507. The second-order valence-corrected chi connectivity index (χ2v) is 5.43. The summed E-state index contributed by atoms with van der Waals surface area (Å²) in [5.74, 6) is 0.983. The zero-order valence-corrected chi connectivity index (χ0v) is 12.6. The van der Waals surface area contributed by atoms with Crippen molar-refractivity contribution in [3.8, 4) is 5.75 Å². The van der Waals surface area contributed by atoms with E-state index < -0.39 is 0 Å². The molecule has 0 saturated carbocycles. The number of benzene rings is 1. The van der Waals surface area contributed by atoms with Crippen molar-refractivity contribution in [2.24, 2.45) is 5.73 Å². The van der Waals surface area contributed by atoms with Crippen LogP contribution in [0.4, 0.5) is 5.69 Å². The normalized spacial score (nSPS) is 14.3. The Kier molecular flexibility index (Phi) is 3.80. The summed E-state index contributed by atoms with van der Waals surface area (Å²) in [4.78, 5) is 6.87. The van der Waals surface area contributed by atoms with Crippen LogP contribution in [0.2, 0.25) is 0 Å². The molecular formula is C17H21N3O. The third-order valence-corrected chi connectivity index (χ3v) is 3.93. The third-order valence-electron chi connectivity index (χ3n) is 3.93. The summed E-state index contributed by atoms with van der Waals surface area (Å²) in [5.41, 5.74) is 11.5. The molecule has 1 aromatic heterocycles. The minimum atomic E-state index is 0.507. The lowest BCUT2D eigenvalue weighted by atomic mass is 10.1. The number of hydrogen-bond acceptors (Lipinski definition) is 4. The van der Waals surface area contributed by atoms with Crippen molar-refractivity contribution in [3.63, 3.8) is 0 Å². The second-order valence-electron chi connectivity index (χ2n) is 5.43. The fraction of sp³-hybridized carbons (Fsp3) is 0.353. The topological polar surface area (TPSA) is 51.4 Å². The molecule has 21 heavy (non-hydrogen) atoms. The van der Waals surface area contributed by atoms with Gasteiger partial charge in [-0.25, -0.2) is 0 Å². The van der Waals surface area contributed by atoms with Crippen LogP contribution >= 0.6 is 0 Å². The van der Waals surface area contributed by atoms with E-state index in [0.29, 0.717) is 13.2 Å². The Labute approximate surface area is 125 Å². The SMILES string of the molecule is Cc1cc(N2CCOc3ccccc3C2)c(CN)c(C)n1. The number of nitrogens with zero attached hydrogens (tertiary/aromatic N) is 2. The van der Waals surface area contributed by atoms with Crippen LogP contribution in [0.5, 0.6) is 5.75 Å². The maximum atomic E-state index is 5.94. The van der Waals surface area contributed by atoms with Gasteiger partial charge in [0.05, 0.1) is 6.54 Å². The number of pyridine rings is 1. The van der Waals surface area contributed by atoms with Crippen molar-refractivity contribution in [1.82, 2.24) is 4.98 Å². The van der Waals surface area contributed by atoms with Crippen LogP contribution in [-0.2, 0) is 13.1 Å². The van der Waals surface area contributed by atoms with Crippen LogP contribution < -0.4 is 15.4 Å². The molecule has 0 bridgehead atoms. The molecule has 4 nitrogen and oxygen atoms in total. The molecule has 1 aromatic carbocycles. The molecular weight excluding hydrogens is 262 g/mol. The van der Waals surface area contributed by atoms with Gasteiger partial charge in [0.25, 0.3) is 0 Å². The zero-order valence-electron chi connectivity index (χ0n) is 12.6. The van der Waals surface area contributed by atoms with Crippen LogP contribution in [0.15, 0.2) is 30.3 Å². The average Bonchev–Trinajstić information content (AvgIpc) is 2.68. The average molecular weight is 283 g/mol. The highest BCUT2D eigenvalue weighted by atomic mass is 16.5. The fourth-order valence-corrected chi connectivity index (χ4v) is 2.90. The summed E-state index contributed by atoms with van der Waals surface area (Å²) in [6.45, 7) is 6.94. The molecule has 1 aliphatic rings. The molecule has 0 fully saturated rings. The maximum Gasteiger partial charge on any atom is 0.124 e. The molecule has 0 atom stereocenters. The molecule has 0 spiro atoms. The molecule has 3 rings (SSSR count). The van der Waals surface area contributed by atoms with Gasteiger partial charge in [-0.3, -0.25) is 4.98 Å². The van der Waals surface area contributed by atoms with Crippen LogP contribution in [0, 0.1) is 13.8 Å². The van der Waals surface area contributed by atoms with Gasteiger partial charge in [0.1, 0.15) is 12.4 Å². The van der Waals surface area contributed by atoms with Gasteiger partial charge in [-0.1, -0.05) is 18.2 Å². The first-order valence-electron chi connectivity index (χ1n) is 7.32. The highest BCUT2D eigenvalue weighted by molar-refractivity contribution is 5.57. The molecule has 1 aliphatic heterocycles. The number of nitrogens with two attached hydrogens (primary N) is 1. The van der Waals surface area contributed by atoms with Crippen LogP contribution in [0.3, 0.4) is 0 Å². The van der Waals surface area contributed by atoms with E-state index in [9.17, 15) is 0 Å². The highest BCUT2D eigenvalue weighted by Crippen LogP contribution is 2.29. The summed E-state index contributed by atoms with van der Waals surface area (Å²) >= 11 is 0. The minimum Gasteiger partial charge on any atom is -0.491 e. The summed E-state index contributed by atoms with van der Waals surface area (Å²) in [5, 5.41) is 0. The van der Waals surface area contributed by atoms with Crippen LogP contribution in [0.25, 0.3) is 0 Å². The Hall–Kier alpha value is -2.07. The van der Waals surface area contributed by atoms with E-state index >= 15 is 0 Å². The lowest BCUT2D eigenvalue weighted by molar-refractivity contribution is 0.331. The molecule has 0 unspecified atom stereocenters. The van der Waals surface area contributed by atoms with Gasteiger partial charge in [0.15, 0.2) is 0 Å². The van der Waals surface area contributed by atoms with E-state index in [1.54, 1.807) is 0 Å². The van der Waals surface area contributed by atoms with E-state index in [1.807, 2.05) is 26.0 Å². The van der Waals surface area contributed by atoms with E-state index in [1.165, 1.54) is 11.3 Å². The molecule has 0 radical (unpaired) electrons. The fourth-order valence-electron chi connectivity index (χ4n) is 2.90. The standard InChI is InChI=1S/C17H21N3O/c1-12-9-16(15(10-18)13(2)19-12)20-7-8-21-17-6-4-3-5-14(17)11-20/h3-6,9H,7-8,10-11,18H2,1-2H3. The largest absolute Gasteiger partial charge is 0.491 e. The van der Waals surface area contributed by atoms with E-state index in [4.69, 9.17) is 10.5 Å². The van der Waals surface area contributed by atoms with Crippen molar-refractivity contribution in [2.75, 3.05) is 18.1 Å². The maximum absolute atomic E-state index is 5.94. The number of anilines is 1. The summed E-state index contributed by atoms with van der Waals surface area (Å²) < 4.78 is 5.85. The van der Waals surface area contributed by atoms with Gasteiger partial charge in [0.2, 0.25) is 0 Å². The van der Waals surface area contributed by atoms with Crippen LogP contribution in [-0.4, -0.2) is 18.1 Å². The highest BCUT2D eigenvalue weighted by Gasteiger charge is 2.19. The van der Waals surface area contributed by atoms with Crippen molar-refractivity contribution in [3.05, 3.63) is 52.8 Å². The number of hydrogen-bond donors (Lipinski definition) is 1. The van der Waals surface area contributed by atoms with Gasteiger partial charge in [-0.15, -0.1) is 0 Å². The van der Waals surface area contributed by atoms with Crippen molar-refractivity contribution in [1.29, 1.82) is 0 Å². The quantitative estimate of drug-likeness (QED) is 0.920. The molecule has 4 heteroatoms. The first-order chi connectivity index (χ1) is 10.2. The summed E-state index contributed by atoms with van der Waals surface area (Å²) in [7, 11) is 0. The van der Waals surface area contributed by atoms with E-state index in [-0.39, 0.29) is 0 Å². The summed E-state index contributed by atoms with van der Waals surface area (Å²) in [6, 6.07) is 10.4. The third kappa shape index (κ3) is 2.72. The number of para-hydroxylation sites is 1. The first-order valence-corrected chi connectivity index (χ1v) is 7.32. The number of fused-ring (bicyclic) bond motifs is 1. The molecule has 2 heterocycles. The Morgan fingerprint density at radius 1 is 1.29 bits per heavy atom. The van der Waals surface area contributed by atoms with Crippen molar-refractivity contribution < 1.29 is 4.74 Å². The first kappa shape index (κ1) is 13.9. The predicted octanol–water partition coefficient (Wildman–Crippen LogP) is 2.56. The Morgan fingerprint density at radius 3 is 2.90 bits per heavy atom.